The highest BCUT2D eigenvalue weighted by atomic mass is 16.5. The molecule has 2 aliphatic heterocycles. The molecular formula is C28H36O5. The third kappa shape index (κ3) is 4.61. The Balaban J connectivity index is 1.64. The van der Waals surface area contributed by atoms with Crippen LogP contribution in [0.4, 0.5) is 0 Å². The predicted octanol–water partition coefficient (Wildman–Crippen LogP) is 6.16. The van der Waals surface area contributed by atoms with Crippen molar-refractivity contribution in [1.29, 1.82) is 0 Å². The van der Waals surface area contributed by atoms with E-state index >= 15 is 0 Å². The summed E-state index contributed by atoms with van der Waals surface area (Å²) in [5.74, 6) is 0.749. The number of carbonyl (C=O) groups is 1. The molecule has 0 aromatic heterocycles. The lowest BCUT2D eigenvalue weighted by atomic mass is 9.70. The van der Waals surface area contributed by atoms with Crippen molar-refractivity contribution >= 4 is 5.97 Å². The van der Waals surface area contributed by atoms with Gasteiger partial charge in [0.1, 0.15) is 17.1 Å². The van der Waals surface area contributed by atoms with Crippen LogP contribution in [0.3, 0.4) is 0 Å². The molecule has 0 bridgehead atoms. The highest BCUT2D eigenvalue weighted by Crippen LogP contribution is 2.54. The number of carboxylic acids is 1. The number of ether oxygens (including phenoxy) is 3. The number of aliphatic carboxylic acids is 1. The Labute approximate surface area is 197 Å². The highest BCUT2D eigenvalue weighted by molar-refractivity contribution is 5.71. The molecule has 5 nitrogen and oxygen atoms in total. The van der Waals surface area contributed by atoms with Gasteiger partial charge in [0.05, 0.1) is 25.2 Å². The molecule has 0 aliphatic carbocycles. The summed E-state index contributed by atoms with van der Waals surface area (Å²) in [6.45, 7) is 8.54. The van der Waals surface area contributed by atoms with Crippen LogP contribution in [0.25, 0.3) is 0 Å². The van der Waals surface area contributed by atoms with Crippen LogP contribution in [0.2, 0.25) is 0 Å². The van der Waals surface area contributed by atoms with Crippen molar-refractivity contribution in [2.75, 3.05) is 7.11 Å². The molecule has 0 radical (unpaired) electrons. The first-order valence-corrected chi connectivity index (χ1v) is 12.1. The fourth-order valence-corrected chi connectivity index (χ4v) is 5.39. The fraction of sp³-hybridized carbons (Fsp3) is 0.536. The number of benzene rings is 2. The summed E-state index contributed by atoms with van der Waals surface area (Å²) in [7, 11) is 1.65. The summed E-state index contributed by atoms with van der Waals surface area (Å²) in [6, 6.07) is 14.3. The molecular weight excluding hydrogens is 416 g/mol. The number of methoxy groups -OCH3 is 1. The van der Waals surface area contributed by atoms with Crippen LogP contribution in [0.15, 0.2) is 42.5 Å². The maximum Gasteiger partial charge on any atom is 0.309 e. The standard InChI is InChI=1S/C28H36O5/c1-6-17(2)20-11-8-12-21-25(20)33-28(3,4)23-16-22(27(29)30)24(32-26(21)23)14-13-18-9-7-10-19(15-18)31-5/h7-12,15,17,22-24,26H,6,13-14,16H2,1-5H3,(H,29,30)/t17?,22-,23-,24-,26+/m0/s1. The van der Waals surface area contributed by atoms with Crippen molar-refractivity contribution in [2.45, 2.75) is 77.1 Å². The van der Waals surface area contributed by atoms with Gasteiger partial charge in [-0.3, -0.25) is 4.79 Å². The largest absolute Gasteiger partial charge is 0.497 e. The third-order valence-electron chi connectivity index (χ3n) is 7.60. The number of hydrogen-bond acceptors (Lipinski definition) is 4. The van der Waals surface area contributed by atoms with E-state index in [0.717, 1.165) is 35.5 Å². The molecule has 5 atom stereocenters. The molecule has 178 valence electrons. The monoisotopic (exact) mass is 452 g/mol. The molecule has 0 amide bonds. The Morgan fingerprint density at radius 1 is 1.24 bits per heavy atom. The molecule has 1 unspecified atom stereocenters. The zero-order valence-electron chi connectivity index (χ0n) is 20.3. The van der Waals surface area contributed by atoms with Gasteiger partial charge in [-0.05, 0) is 68.7 Å². The summed E-state index contributed by atoms with van der Waals surface area (Å²) in [5.41, 5.74) is 2.88. The van der Waals surface area contributed by atoms with Gasteiger partial charge in [0.25, 0.3) is 0 Å². The Morgan fingerprint density at radius 3 is 2.70 bits per heavy atom. The molecule has 2 aromatic rings. The van der Waals surface area contributed by atoms with Crippen molar-refractivity contribution in [1.82, 2.24) is 0 Å². The quantitative estimate of drug-likeness (QED) is 0.545. The maximum absolute atomic E-state index is 12.2. The van der Waals surface area contributed by atoms with E-state index in [9.17, 15) is 9.90 Å². The number of rotatable bonds is 7. The summed E-state index contributed by atoms with van der Waals surface area (Å²) in [5, 5.41) is 10.1. The lowest BCUT2D eigenvalue weighted by Crippen LogP contribution is -2.52. The molecule has 2 heterocycles. The van der Waals surface area contributed by atoms with E-state index in [1.165, 1.54) is 5.56 Å². The predicted molar refractivity (Wildman–Crippen MR) is 128 cm³/mol. The molecule has 1 N–H and O–H groups in total. The van der Waals surface area contributed by atoms with Gasteiger partial charge in [0.15, 0.2) is 0 Å². The topological polar surface area (TPSA) is 65.0 Å². The zero-order valence-corrected chi connectivity index (χ0v) is 20.3. The van der Waals surface area contributed by atoms with E-state index in [1.54, 1.807) is 7.11 Å². The number of hydrogen-bond donors (Lipinski definition) is 1. The second-order valence-corrected chi connectivity index (χ2v) is 10.1. The normalized spacial score (nSPS) is 26.5. The molecule has 2 aliphatic rings. The molecule has 1 fully saturated rings. The van der Waals surface area contributed by atoms with Crippen LogP contribution in [0.5, 0.6) is 11.5 Å². The van der Waals surface area contributed by atoms with Crippen LogP contribution >= 0.6 is 0 Å². The van der Waals surface area contributed by atoms with Gasteiger partial charge < -0.3 is 19.3 Å². The molecule has 33 heavy (non-hydrogen) atoms. The average molecular weight is 453 g/mol. The summed E-state index contributed by atoms with van der Waals surface area (Å²) in [4.78, 5) is 12.2. The third-order valence-corrected chi connectivity index (χ3v) is 7.60. The molecule has 5 heteroatoms. The van der Waals surface area contributed by atoms with E-state index < -0.39 is 17.5 Å². The van der Waals surface area contributed by atoms with Crippen LogP contribution in [-0.2, 0) is 16.0 Å². The van der Waals surface area contributed by atoms with Crippen molar-refractivity contribution in [3.05, 3.63) is 59.2 Å². The van der Waals surface area contributed by atoms with Crippen molar-refractivity contribution in [3.63, 3.8) is 0 Å². The second kappa shape index (κ2) is 9.38. The number of fused-ring (bicyclic) bond motifs is 3. The fourth-order valence-electron chi connectivity index (χ4n) is 5.39. The zero-order chi connectivity index (χ0) is 23.8. The van der Waals surface area contributed by atoms with Gasteiger partial charge in [-0.15, -0.1) is 0 Å². The molecule has 1 saturated heterocycles. The molecule has 0 saturated carbocycles. The van der Waals surface area contributed by atoms with E-state index in [1.807, 2.05) is 18.2 Å². The first-order valence-electron chi connectivity index (χ1n) is 12.1. The molecule has 4 rings (SSSR count). The minimum Gasteiger partial charge on any atom is -0.497 e. The van der Waals surface area contributed by atoms with Gasteiger partial charge in [-0.2, -0.15) is 0 Å². The van der Waals surface area contributed by atoms with Crippen molar-refractivity contribution < 1.29 is 24.1 Å². The average Bonchev–Trinajstić information content (AvgIpc) is 2.81. The van der Waals surface area contributed by atoms with Crippen LogP contribution < -0.4 is 9.47 Å². The first-order chi connectivity index (χ1) is 15.7. The Hall–Kier alpha value is -2.53. The number of carboxylic acid groups (broad SMARTS) is 1. The summed E-state index contributed by atoms with van der Waals surface area (Å²) < 4.78 is 18.6. The van der Waals surface area contributed by atoms with E-state index in [-0.39, 0.29) is 18.1 Å². The van der Waals surface area contributed by atoms with Gasteiger partial charge >= 0.3 is 5.97 Å². The number of aryl methyl sites for hydroxylation is 1. The molecule has 0 spiro atoms. The SMILES string of the molecule is CCC(C)c1cccc2c1OC(C)(C)[C@H]1C[C@H](C(=O)O)[C@H](CCc3cccc(OC)c3)O[C@H]21. The van der Waals surface area contributed by atoms with Gasteiger partial charge in [-0.1, -0.05) is 44.2 Å². The molecule has 2 aromatic carbocycles. The van der Waals surface area contributed by atoms with Gasteiger partial charge in [0, 0.05) is 11.5 Å². The Bertz CT molecular complexity index is 998. The maximum atomic E-state index is 12.2. The van der Waals surface area contributed by atoms with E-state index in [2.05, 4.69) is 52.0 Å². The van der Waals surface area contributed by atoms with Crippen molar-refractivity contribution in [3.8, 4) is 11.5 Å². The minimum absolute atomic E-state index is 0.0219. The van der Waals surface area contributed by atoms with Crippen LogP contribution in [0.1, 0.15) is 75.7 Å². The number of para-hydroxylation sites is 1. The summed E-state index contributed by atoms with van der Waals surface area (Å²) >= 11 is 0. The van der Waals surface area contributed by atoms with Gasteiger partial charge in [0.2, 0.25) is 0 Å². The van der Waals surface area contributed by atoms with Crippen molar-refractivity contribution in [2.24, 2.45) is 11.8 Å². The van der Waals surface area contributed by atoms with Crippen LogP contribution in [0, 0.1) is 11.8 Å². The lowest BCUT2D eigenvalue weighted by Gasteiger charge is -2.51. The smallest absolute Gasteiger partial charge is 0.309 e. The Kier molecular flexibility index (Phi) is 6.71. The van der Waals surface area contributed by atoms with Gasteiger partial charge in [-0.25, -0.2) is 0 Å². The second-order valence-electron chi connectivity index (χ2n) is 10.1. The van der Waals surface area contributed by atoms with E-state index in [4.69, 9.17) is 14.2 Å². The Morgan fingerprint density at radius 2 is 2.00 bits per heavy atom. The first kappa shape index (κ1) is 23.6. The van der Waals surface area contributed by atoms with Crippen LogP contribution in [-0.4, -0.2) is 29.9 Å². The minimum atomic E-state index is -0.793. The highest BCUT2D eigenvalue weighted by Gasteiger charge is 2.52. The lowest BCUT2D eigenvalue weighted by molar-refractivity contribution is -0.188. The van der Waals surface area contributed by atoms with E-state index in [0.29, 0.717) is 18.8 Å². The summed E-state index contributed by atoms with van der Waals surface area (Å²) in [6.07, 6.45) is 2.43.